The highest BCUT2D eigenvalue weighted by molar-refractivity contribution is 5.78. The molecule has 2 fully saturated rings. The second-order valence-electron chi connectivity index (χ2n) is 7.27. The maximum atomic E-state index is 12.5. The number of nitriles is 1. The zero-order valence-electron chi connectivity index (χ0n) is 14.6. The number of carbonyl (C=O) groups is 1. The van der Waals surface area contributed by atoms with Crippen LogP contribution in [0.5, 0.6) is 0 Å². The number of rotatable bonds is 6. The molecule has 2 aliphatic rings. The summed E-state index contributed by atoms with van der Waals surface area (Å²) in [5.74, 6) is 0.394. The molecular weight excluding hydrogens is 290 g/mol. The van der Waals surface area contributed by atoms with Crippen LogP contribution in [0.2, 0.25) is 0 Å². The number of hydrogen-bond acceptors (Lipinski definition) is 4. The van der Waals surface area contributed by atoms with Crippen molar-refractivity contribution in [1.29, 1.82) is 5.26 Å². The maximum Gasteiger partial charge on any atom is 0.236 e. The molecule has 0 radical (unpaired) electrons. The molecule has 1 amide bonds. The normalized spacial score (nSPS) is 31.7. The molecule has 0 unspecified atom stereocenters. The molecule has 23 heavy (non-hydrogen) atoms. The van der Waals surface area contributed by atoms with Gasteiger partial charge in [-0.3, -0.25) is 9.69 Å². The van der Waals surface area contributed by atoms with Gasteiger partial charge in [0.2, 0.25) is 5.91 Å². The maximum absolute atomic E-state index is 12.5. The molecule has 0 aromatic rings. The largest absolute Gasteiger partial charge is 0.390 e. The Morgan fingerprint density at radius 1 is 1.39 bits per heavy atom. The topological polar surface area (TPSA) is 67.6 Å². The van der Waals surface area contributed by atoms with E-state index in [0.29, 0.717) is 32.1 Å². The van der Waals surface area contributed by atoms with E-state index in [1.165, 1.54) is 6.42 Å². The smallest absolute Gasteiger partial charge is 0.236 e. The zero-order chi connectivity index (χ0) is 16.9. The fourth-order valence-electron chi connectivity index (χ4n) is 4.37. The average molecular weight is 321 g/mol. The van der Waals surface area contributed by atoms with Crippen LogP contribution in [-0.2, 0) is 4.79 Å². The van der Waals surface area contributed by atoms with Crippen LogP contribution in [0.1, 0.15) is 58.8 Å². The minimum absolute atomic E-state index is 0.116. The molecule has 130 valence electrons. The van der Waals surface area contributed by atoms with Gasteiger partial charge in [0.1, 0.15) is 0 Å². The molecule has 1 aliphatic heterocycles. The van der Waals surface area contributed by atoms with Crippen molar-refractivity contribution < 1.29 is 9.90 Å². The lowest BCUT2D eigenvalue weighted by Crippen LogP contribution is -2.51. The van der Waals surface area contributed by atoms with Gasteiger partial charge in [-0.1, -0.05) is 12.8 Å². The summed E-state index contributed by atoms with van der Waals surface area (Å²) in [6.45, 7) is 6.48. The fourth-order valence-corrected chi connectivity index (χ4v) is 4.37. The fraction of sp³-hybridized carbons (Fsp3) is 0.889. The molecule has 1 N–H and O–H groups in total. The van der Waals surface area contributed by atoms with Gasteiger partial charge < -0.3 is 10.0 Å². The van der Waals surface area contributed by atoms with E-state index < -0.39 is 5.60 Å². The SMILES string of the molecule is CCN(CCC#N)C(=O)CN1CCC[C@@H]1[C@@H]1CCCC[C@]1(C)O. The van der Waals surface area contributed by atoms with E-state index in [9.17, 15) is 9.90 Å². The number of likely N-dealkylation sites (N-methyl/N-ethyl adjacent to an activating group) is 1. The Morgan fingerprint density at radius 2 is 2.17 bits per heavy atom. The molecule has 1 saturated carbocycles. The second kappa shape index (κ2) is 8.12. The van der Waals surface area contributed by atoms with Gasteiger partial charge in [-0.2, -0.15) is 5.26 Å². The number of nitrogens with zero attached hydrogens (tertiary/aromatic N) is 3. The molecule has 5 heteroatoms. The van der Waals surface area contributed by atoms with Crippen molar-refractivity contribution in [3.63, 3.8) is 0 Å². The molecule has 0 aromatic heterocycles. The van der Waals surface area contributed by atoms with Crippen LogP contribution in [0.25, 0.3) is 0 Å². The van der Waals surface area contributed by atoms with Crippen molar-refractivity contribution in [3.05, 3.63) is 0 Å². The molecular formula is C18H31N3O2. The van der Waals surface area contributed by atoms with E-state index in [1.54, 1.807) is 4.90 Å². The Kier molecular flexibility index (Phi) is 6.43. The molecule has 0 bridgehead atoms. The molecule has 0 aromatic carbocycles. The number of amides is 1. The number of hydrogen-bond donors (Lipinski definition) is 1. The lowest BCUT2D eigenvalue weighted by Gasteiger charge is -2.43. The van der Waals surface area contributed by atoms with E-state index in [0.717, 1.165) is 38.6 Å². The van der Waals surface area contributed by atoms with Gasteiger partial charge in [-0.05, 0) is 46.1 Å². The van der Waals surface area contributed by atoms with Crippen LogP contribution in [0.15, 0.2) is 0 Å². The molecule has 1 aliphatic carbocycles. The standard InChI is InChI=1S/C18H31N3O2/c1-3-20(13-7-11-19)17(22)14-21-12-6-9-16(21)15-8-4-5-10-18(15,2)23/h15-16,23H,3-10,12-14H2,1-2H3/t15-,16+,18-/m0/s1. The second-order valence-corrected chi connectivity index (χ2v) is 7.27. The van der Waals surface area contributed by atoms with Gasteiger partial charge in [0.15, 0.2) is 0 Å². The number of carbonyl (C=O) groups excluding carboxylic acids is 1. The summed E-state index contributed by atoms with van der Waals surface area (Å²) in [6, 6.07) is 2.43. The van der Waals surface area contributed by atoms with Crippen LogP contribution in [0.4, 0.5) is 0 Å². The van der Waals surface area contributed by atoms with Crippen LogP contribution in [0.3, 0.4) is 0 Å². The van der Waals surface area contributed by atoms with Gasteiger partial charge in [0.25, 0.3) is 0 Å². The highest BCUT2D eigenvalue weighted by Gasteiger charge is 2.43. The summed E-state index contributed by atoms with van der Waals surface area (Å²) >= 11 is 0. The Labute approximate surface area is 140 Å². The monoisotopic (exact) mass is 321 g/mol. The highest BCUT2D eigenvalue weighted by Crippen LogP contribution is 2.40. The summed E-state index contributed by atoms with van der Waals surface area (Å²) in [5.41, 5.74) is -0.597. The first-order valence-corrected chi connectivity index (χ1v) is 9.10. The van der Waals surface area contributed by atoms with Crippen molar-refractivity contribution in [2.75, 3.05) is 26.2 Å². The first kappa shape index (κ1) is 18.2. The molecule has 0 spiro atoms. The zero-order valence-corrected chi connectivity index (χ0v) is 14.6. The van der Waals surface area contributed by atoms with Crippen LogP contribution < -0.4 is 0 Å². The van der Waals surface area contributed by atoms with E-state index >= 15 is 0 Å². The summed E-state index contributed by atoms with van der Waals surface area (Å²) in [7, 11) is 0. The van der Waals surface area contributed by atoms with Crippen LogP contribution in [-0.4, -0.2) is 58.6 Å². The van der Waals surface area contributed by atoms with Crippen LogP contribution >= 0.6 is 0 Å². The lowest BCUT2D eigenvalue weighted by atomic mass is 9.72. The number of aliphatic hydroxyl groups is 1. The molecule has 5 nitrogen and oxygen atoms in total. The number of likely N-dealkylation sites (tertiary alicyclic amines) is 1. The molecule has 3 atom stereocenters. The van der Waals surface area contributed by atoms with Crippen molar-refractivity contribution in [1.82, 2.24) is 9.80 Å². The van der Waals surface area contributed by atoms with Gasteiger partial charge in [-0.15, -0.1) is 0 Å². The quantitative estimate of drug-likeness (QED) is 0.814. The predicted octanol–water partition coefficient (Wildman–Crippen LogP) is 2.15. The Balaban J connectivity index is 1.98. The minimum atomic E-state index is -0.597. The van der Waals surface area contributed by atoms with Gasteiger partial charge in [0.05, 0.1) is 24.6 Å². The first-order valence-electron chi connectivity index (χ1n) is 9.10. The van der Waals surface area contributed by atoms with E-state index in [2.05, 4.69) is 11.0 Å². The molecule has 1 saturated heterocycles. The third kappa shape index (κ3) is 4.45. The summed E-state index contributed by atoms with van der Waals surface area (Å²) in [5, 5.41) is 19.5. The third-order valence-corrected chi connectivity index (χ3v) is 5.69. The molecule has 2 rings (SSSR count). The third-order valence-electron chi connectivity index (χ3n) is 5.69. The molecule has 1 heterocycles. The lowest BCUT2D eigenvalue weighted by molar-refractivity contribution is -0.133. The summed E-state index contributed by atoms with van der Waals surface area (Å²) in [4.78, 5) is 16.6. The first-order chi connectivity index (χ1) is 11.0. The summed E-state index contributed by atoms with van der Waals surface area (Å²) < 4.78 is 0. The van der Waals surface area contributed by atoms with E-state index in [1.807, 2.05) is 13.8 Å². The van der Waals surface area contributed by atoms with Gasteiger partial charge >= 0.3 is 0 Å². The van der Waals surface area contributed by atoms with Crippen molar-refractivity contribution >= 4 is 5.91 Å². The van der Waals surface area contributed by atoms with Crippen molar-refractivity contribution in [2.24, 2.45) is 5.92 Å². The van der Waals surface area contributed by atoms with Crippen molar-refractivity contribution in [3.8, 4) is 6.07 Å². The van der Waals surface area contributed by atoms with Crippen LogP contribution in [0, 0.1) is 17.2 Å². The van der Waals surface area contributed by atoms with E-state index in [4.69, 9.17) is 5.26 Å². The predicted molar refractivity (Wildman–Crippen MR) is 89.7 cm³/mol. The minimum Gasteiger partial charge on any atom is -0.390 e. The highest BCUT2D eigenvalue weighted by atomic mass is 16.3. The van der Waals surface area contributed by atoms with Crippen molar-refractivity contribution in [2.45, 2.75) is 70.4 Å². The average Bonchev–Trinajstić information content (AvgIpc) is 2.95. The Hall–Kier alpha value is -1.12. The Bertz CT molecular complexity index is 444. The summed E-state index contributed by atoms with van der Waals surface area (Å²) in [6.07, 6.45) is 6.80. The van der Waals surface area contributed by atoms with E-state index in [-0.39, 0.29) is 11.8 Å². The Morgan fingerprint density at radius 3 is 2.83 bits per heavy atom. The van der Waals surface area contributed by atoms with Gasteiger partial charge in [0, 0.05) is 25.0 Å². The van der Waals surface area contributed by atoms with Gasteiger partial charge in [-0.25, -0.2) is 0 Å².